The van der Waals surface area contributed by atoms with Crippen LogP contribution in [-0.4, -0.2) is 36.9 Å². The largest absolute Gasteiger partial charge is 0.474 e. The zero-order valence-corrected chi connectivity index (χ0v) is 14.9. The Morgan fingerprint density at radius 1 is 1.17 bits per heavy atom. The number of rotatable bonds is 4. The molecule has 0 saturated carbocycles. The van der Waals surface area contributed by atoms with E-state index in [1.54, 1.807) is 37.4 Å². The molecular weight excluding hydrogens is 348 g/mol. The minimum Gasteiger partial charge on any atom is -0.474 e. The lowest BCUT2D eigenvalue weighted by Gasteiger charge is -2.31. The van der Waals surface area contributed by atoms with E-state index in [0.717, 1.165) is 0 Å². The van der Waals surface area contributed by atoms with Crippen molar-refractivity contribution in [2.24, 2.45) is 0 Å². The van der Waals surface area contributed by atoms with E-state index in [9.17, 15) is 8.42 Å². The number of benzene rings is 1. The zero-order valence-electron chi connectivity index (χ0n) is 13.4. The minimum absolute atomic E-state index is 0.0215. The predicted molar refractivity (Wildman–Crippen MR) is 92.8 cm³/mol. The number of aromatic nitrogens is 1. The zero-order chi connectivity index (χ0) is 17.2. The molecule has 5 nitrogen and oxygen atoms in total. The smallest absolute Gasteiger partial charge is 0.243 e. The Labute approximate surface area is 147 Å². The third-order valence-electron chi connectivity index (χ3n) is 4.16. The van der Waals surface area contributed by atoms with Crippen molar-refractivity contribution in [3.05, 3.63) is 53.2 Å². The number of piperidine rings is 1. The van der Waals surface area contributed by atoms with Gasteiger partial charge in [-0.05, 0) is 43.5 Å². The van der Waals surface area contributed by atoms with Crippen molar-refractivity contribution in [1.82, 2.24) is 9.29 Å². The van der Waals surface area contributed by atoms with E-state index in [4.69, 9.17) is 16.3 Å². The van der Waals surface area contributed by atoms with Gasteiger partial charge in [-0.25, -0.2) is 13.4 Å². The van der Waals surface area contributed by atoms with Crippen LogP contribution in [0.2, 0.25) is 5.02 Å². The molecule has 3 rings (SSSR count). The van der Waals surface area contributed by atoms with Crippen LogP contribution in [0.4, 0.5) is 0 Å². The maximum atomic E-state index is 12.8. The highest BCUT2D eigenvalue weighted by atomic mass is 35.5. The highest BCUT2D eigenvalue weighted by Gasteiger charge is 2.31. The number of sulfonamides is 1. The summed E-state index contributed by atoms with van der Waals surface area (Å²) in [5.74, 6) is 0.574. The van der Waals surface area contributed by atoms with Gasteiger partial charge in [-0.15, -0.1) is 0 Å². The van der Waals surface area contributed by atoms with Crippen molar-refractivity contribution in [3.8, 4) is 5.88 Å². The molecule has 0 aliphatic carbocycles. The second kappa shape index (κ2) is 7.09. The first kappa shape index (κ1) is 17.2. The Balaban J connectivity index is 1.69. The van der Waals surface area contributed by atoms with Crippen LogP contribution in [-0.2, 0) is 10.0 Å². The predicted octanol–water partition coefficient (Wildman–Crippen LogP) is 3.28. The third-order valence-corrected chi connectivity index (χ3v) is 6.61. The van der Waals surface area contributed by atoms with Crippen molar-refractivity contribution in [2.75, 3.05) is 13.1 Å². The maximum Gasteiger partial charge on any atom is 0.243 e. The average Bonchev–Trinajstić information content (AvgIpc) is 2.58. The molecule has 2 heterocycles. The molecule has 0 atom stereocenters. The van der Waals surface area contributed by atoms with Gasteiger partial charge in [-0.3, -0.25) is 0 Å². The van der Waals surface area contributed by atoms with E-state index >= 15 is 0 Å². The molecule has 0 unspecified atom stereocenters. The Kier molecular flexibility index (Phi) is 5.08. The fourth-order valence-electron chi connectivity index (χ4n) is 2.78. The molecule has 0 N–H and O–H groups in total. The highest BCUT2D eigenvalue weighted by molar-refractivity contribution is 7.89. The molecule has 7 heteroatoms. The maximum absolute atomic E-state index is 12.8. The Bertz CT molecular complexity index is 804. The van der Waals surface area contributed by atoms with Crippen LogP contribution in [0.25, 0.3) is 0 Å². The fourth-order valence-corrected chi connectivity index (χ4v) is 4.73. The van der Waals surface area contributed by atoms with Gasteiger partial charge >= 0.3 is 0 Å². The standard InChI is InChI=1S/C17H19ClN2O3S/c1-13-15(18)5-4-6-16(13)24(21,22)20-11-8-14(9-12-20)23-17-7-2-3-10-19-17/h2-7,10,14H,8-9,11-12H2,1H3. The fraction of sp³-hybridized carbons (Fsp3) is 0.353. The average molecular weight is 367 g/mol. The Hall–Kier alpha value is -1.63. The van der Waals surface area contributed by atoms with Crippen molar-refractivity contribution < 1.29 is 13.2 Å². The molecule has 1 aromatic heterocycles. The molecule has 1 aromatic carbocycles. The van der Waals surface area contributed by atoms with Gasteiger partial charge < -0.3 is 4.74 Å². The first-order chi connectivity index (χ1) is 11.5. The lowest BCUT2D eigenvalue weighted by atomic mass is 10.1. The SMILES string of the molecule is Cc1c(Cl)cccc1S(=O)(=O)N1CCC(Oc2ccccn2)CC1. The molecule has 1 saturated heterocycles. The summed E-state index contributed by atoms with van der Waals surface area (Å²) in [6.07, 6.45) is 2.92. The first-order valence-corrected chi connectivity index (χ1v) is 9.63. The summed E-state index contributed by atoms with van der Waals surface area (Å²) in [6.45, 7) is 2.57. The van der Waals surface area contributed by atoms with Gasteiger partial charge in [0.15, 0.2) is 0 Å². The molecule has 0 bridgehead atoms. The summed E-state index contributed by atoms with van der Waals surface area (Å²) in [5.41, 5.74) is 0.589. The van der Waals surface area contributed by atoms with E-state index < -0.39 is 10.0 Å². The van der Waals surface area contributed by atoms with Crippen LogP contribution in [0.1, 0.15) is 18.4 Å². The Morgan fingerprint density at radius 3 is 2.58 bits per heavy atom. The normalized spacial score (nSPS) is 16.9. The number of pyridine rings is 1. The molecule has 0 amide bonds. The van der Waals surface area contributed by atoms with E-state index in [1.807, 2.05) is 12.1 Å². The van der Waals surface area contributed by atoms with Gasteiger partial charge in [-0.2, -0.15) is 4.31 Å². The van der Waals surface area contributed by atoms with Crippen molar-refractivity contribution >= 4 is 21.6 Å². The van der Waals surface area contributed by atoms with Crippen LogP contribution >= 0.6 is 11.6 Å². The number of nitrogens with zero attached hydrogens (tertiary/aromatic N) is 2. The minimum atomic E-state index is -3.53. The van der Waals surface area contributed by atoms with Crippen LogP contribution in [0.15, 0.2) is 47.5 Å². The molecule has 128 valence electrons. The first-order valence-electron chi connectivity index (χ1n) is 7.81. The molecule has 1 aliphatic heterocycles. The lowest BCUT2D eigenvalue weighted by Crippen LogP contribution is -2.42. The van der Waals surface area contributed by atoms with E-state index in [-0.39, 0.29) is 11.0 Å². The van der Waals surface area contributed by atoms with Crippen LogP contribution in [0.5, 0.6) is 5.88 Å². The van der Waals surface area contributed by atoms with Gasteiger partial charge in [0, 0.05) is 30.4 Å². The van der Waals surface area contributed by atoms with E-state index in [1.165, 1.54) is 4.31 Å². The second-order valence-electron chi connectivity index (χ2n) is 5.75. The molecule has 2 aromatic rings. The summed E-state index contributed by atoms with van der Waals surface area (Å²) in [5, 5.41) is 0.462. The van der Waals surface area contributed by atoms with Crippen molar-refractivity contribution in [1.29, 1.82) is 0 Å². The summed E-state index contributed by atoms with van der Waals surface area (Å²) in [4.78, 5) is 4.42. The molecule has 24 heavy (non-hydrogen) atoms. The molecule has 0 spiro atoms. The molecule has 1 aliphatic rings. The number of ether oxygens (including phenoxy) is 1. The molecule has 0 radical (unpaired) electrons. The van der Waals surface area contributed by atoms with Crippen molar-refractivity contribution in [3.63, 3.8) is 0 Å². The summed E-state index contributed by atoms with van der Waals surface area (Å²) < 4.78 is 33.0. The highest BCUT2D eigenvalue weighted by Crippen LogP contribution is 2.28. The van der Waals surface area contributed by atoms with Crippen LogP contribution in [0, 0.1) is 6.92 Å². The van der Waals surface area contributed by atoms with Gasteiger partial charge in [0.25, 0.3) is 0 Å². The molecular formula is C17H19ClN2O3S. The summed E-state index contributed by atoms with van der Waals surface area (Å²) in [7, 11) is -3.53. The van der Waals surface area contributed by atoms with E-state index in [2.05, 4.69) is 4.98 Å². The second-order valence-corrected chi connectivity index (χ2v) is 8.07. The topological polar surface area (TPSA) is 59.5 Å². The number of halogens is 1. The lowest BCUT2D eigenvalue weighted by molar-refractivity contribution is 0.130. The summed E-state index contributed by atoms with van der Waals surface area (Å²) >= 11 is 6.06. The molecule has 1 fully saturated rings. The van der Waals surface area contributed by atoms with Crippen molar-refractivity contribution in [2.45, 2.75) is 30.8 Å². The number of hydrogen-bond acceptors (Lipinski definition) is 4. The van der Waals surface area contributed by atoms with Crippen LogP contribution < -0.4 is 4.74 Å². The van der Waals surface area contributed by atoms with Gasteiger partial charge in [0.2, 0.25) is 15.9 Å². The van der Waals surface area contributed by atoms with E-state index in [0.29, 0.717) is 42.4 Å². The quantitative estimate of drug-likeness (QED) is 0.833. The number of hydrogen-bond donors (Lipinski definition) is 0. The van der Waals surface area contributed by atoms with Gasteiger partial charge in [-0.1, -0.05) is 23.7 Å². The Morgan fingerprint density at radius 2 is 1.92 bits per heavy atom. The third kappa shape index (κ3) is 3.55. The monoisotopic (exact) mass is 366 g/mol. The summed E-state index contributed by atoms with van der Waals surface area (Å²) in [6, 6.07) is 10.5. The van der Waals surface area contributed by atoms with Crippen LogP contribution in [0.3, 0.4) is 0 Å². The van der Waals surface area contributed by atoms with Gasteiger partial charge in [0.05, 0.1) is 4.90 Å². The van der Waals surface area contributed by atoms with Gasteiger partial charge in [0.1, 0.15) is 6.10 Å².